The highest BCUT2D eigenvalue weighted by Gasteiger charge is 2.35. The first-order valence-corrected chi connectivity index (χ1v) is 17.6. The van der Waals surface area contributed by atoms with Crippen LogP contribution in [0.2, 0.25) is 10.0 Å². The number of halogens is 2. The molecule has 0 aromatic heterocycles. The van der Waals surface area contributed by atoms with Gasteiger partial charge in [0.2, 0.25) is 11.8 Å². The Kier molecular flexibility index (Phi) is 12.7. The fourth-order valence-corrected chi connectivity index (χ4v) is 6.91. The van der Waals surface area contributed by atoms with Gasteiger partial charge in [0.25, 0.3) is 10.0 Å². The molecule has 0 aliphatic heterocycles. The number of carbonyl (C=O) groups is 2. The first-order valence-electron chi connectivity index (χ1n) is 15.4. The van der Waals surface area contributed by atoms with Crippen molar-refractivity contribution in [3.8, 4) is 5.75 Å². The average molecular weight is 697 g/mol. The number of benzene rings is 4. The van der Waals surface area contributed by atoms with Crippen molar-refractivity contribution in [2.45, 2.75) is 44.7 Å². The summed E-state index contributed by atoms with van der Waals surface area (Å²) in [6.45, 7) is 5.89. The monoisotopic (exact) mass is 695 g/mol. The van der Waals surface area contributed by atoms with Crippen LogP contribution in [-0.4, -0.2) is 50.9 Å². The standard InChI is InChI=1S/C36H39Cl2N3O5S/c1-4-46-29-20-18-28(19-21-29)41(47(44,45)30-14-9-6-10-15-30)25-35(42)40(24-31-32(37)16-11-17-33(31)38)34(36(43)39-23-26(2)3)22-27-12-7-5-8-13-27/h5-21,26,34H,4,22-25H2,1-3H3,(H,39,43). The van der Waals surface area contributed by atoms with E-state index < -0.39 is 28.5 Å². The first kappa shape index (κ1) is 35.8. The topological polar surface area (TPSA) is 96.0 Å². The Hall–Kier alpha value is -4.05. The molecule has 0 saturated heterocycles. The number of ether oxygens (including phenoxy) is 1. The summed E-state index contributed by atoms with van der Waals surface area (Å²) in [5, 5.41) is 3.60. The third-order valence-electron chi connectivity index (χ3n) is 7.39. The molecular formula is C36H39Cl2N3O5S. The quantitative estimate of drug-likeness (QED) is 0.145. The Balaban J connectivity index is 1.82. The number of nitrogens with one attached hydrogen (secondary N) is 1. The zero-order valence-corrected chi connectivity index (χ0v) is 28.9. The lowest BCUT2D eigenvalue weighted by atomic mass is 10.0. The molecule has 4 aromatic carbocycles. The smallest absolute Gasteiger partial charge is 0.264 e. The second kappa shape index (κ2) is 16.7. The highest BCUT2D eigenvalue weighted by molar-refractivity contribution is 7.92. The van der Waals surface area contributed by atoms with Crippen LogP contribution in [0.1, 0.15) is 31.9 Å². The number of carbonyl (C=O) groups excluding carboxylic acids is 2. The predicted molar refractivity (Wildman–Crippen MR) is 187 cm³/mol. The minimum Gasteiger partial charge on any atom is -0.494 e. The lowest BCUT2D eigenvalue weighted by Crippen LogP contribution is -2.53. The van der Waals surface area contributed by atoms with Crippen LogP contribution in [0.15, 0.2) is 108 Å². The summed E-state index contributed by atoms with van der Waals surface area (Å²) < 4.78 is 34.9. The molecule has 1 N–H and O–H groups in total. The molecular weight excluding hydrogens is 657 g/mol. The van der Waals surface area contributed by atoms with Crippen LogP contribution in [0.25, 0.3) is 0 Å². The number of nitrogens with zero attached hydrogens (tertiary/aromatic N) is 2. The summed E-state index contributed by atoms with van der Waals surface area (Å²) >= 11 is 13.2. The third kappa shape index (κ3) is 9.50. The van der Waals surface area contributed by atoms with Crippen molar-refractivity contribution in [2.75, 3.05) is 24.0 Å². The van der Waals surface area contributed by atoms with Crippen LogP contribution in [0, 0.1) is 5.92 Å². The van der Waals surface area contributed by atoms with E-state index in [1.807, 2.05) is 51.1 Å². The van der Waals surface area contributed by atoms with Crippen LogP contribution in [0.5, 0.6) is 5.75 Å². The minimum atomic E-state index is -4.23. The molecule has 1 unspecified atom stereocenters. The van der Waals surface area contributed by atoms with Gasteiger partial charge in [0, 0.05) is 35.1 Å². The van der Waals surface area contributed by atoms with E-state index in [4.69, 9.17) is 27.9 Å². The maximum absolute atomic E-state index is 14.6. The number of hydrogen-bond donors (Lipinski definition) is 1. The second-order valence-electron chi connectivity index (χ2n) is 11.3. The second-order valence-corrected chi connectivity index (χ2v) is 14.0. The molecule has 4 rings (SSSR count). The molecule has 4 aromatic rings. The highest BCUT2D eigenvalue weighted by atomic mass is 35.5. The lowest BCUT2D eigenvalue weighted by molar-refractivity contribution is -0.140. The number of rotatable bonds is 15. The molecule has 0 aliphatic carbocycles. The molecule has 1 atom stereocenters. The van der Waals surface area contributed by atoms with E-state index in [0.717, 1.165) is 9.87 Å². The van der Waals surface area contributed by atoms with Gasteiger partial charge in [0.15, 0.2) is 0 Å². The summed E-state index contributed by atoms with van der Waals surface area (Å²) in [5.41, 5.74) is 1.52. The largest absolute Gasteiger partial charge is 0.494 e. The average Bonchev–Trinajstić information content (AvgIpc) is 3.06. The van der Waals surface area contributed by atoms with Crippen molar-refractivity contribution in [3.63, 3.8) is 0 Å². The van der Waals surface area contributed by atoms with Crippen molar-refractivity contribution in [1.82, 2.24) is 10.2 Å². The van der Waals surface area contributed by atoms with Crippen molar-refractivity contribution in [2.24, 2.45) is 5.92 Å². The highest BCUT2D eigenvalue weighted by Crippen LogP contribution is 2.29. The summed E-state index contributed by atoms with van der Waals surface area (Å²) in [6.07, 6.45) is 0.174. The molecule has 248 valence electrons. The van der Waals surface area contributed by atoms with E-state index >= 15 is 0 Å². The molecule has 0 heterocycles. The van der Waals surface area contributed by atoms with Crippen LogP contribution in [0.4, 0.5) is 5.69 Å². The van der Waals surface area contributed by atoms with E-state index in [2.05, 4.69) is 5.32 Å². The Morgan fingerprint density at radius 1 is 0.830 bits per heavy atom. The summed E-state index contributed by atoms with van der Waals surface area (Å²) in [7, 11) is -4.23. The number of sulfonamides is 1. The van der Waals surface area contributed by atoms with E-state index in [1.54, 1.807) is 60.7 Å². The van der Waals surface area contributed by atoms with Gasteiger partial charge in [-0.1, -0.05) is 91.6 Å². The molecule has 2 amide bonds. The Morgan fingerprint density at radius 3 is 2.00 bits per heavy atom. The molecule has 0 radical (unpaired) electrons. The van der Waals surface area contributed by atoms with Crippen molar-refractivity contribution >= 4 is 50.7 Å². The van der Waals surface area contributed by atoms with Crippen LogP contribution < -0.4 is 14.4 Å². The molecule has 0 bridgehead atoms. The van der Waals surface area contributed by atoms with Gasteiger partial charge in [-0.3, -0.25) is 13.9 Å². The third-order valence-corrected chi connectivity index (χ3v) is 9.89. The van der Waals surface area contributed by atoms with Gasteiger partial charge in [0.1, 0.15) is 18.3 Å². The summed E-state index contributed by atoms with van der Waals surface area (Å²) in [4.78, 5) is 29.9. The number of amides is 2. The van der Waals surface area contributed by atoms with E-state index in [0.29, 0.717) is 34.5 Å². The van der Waals surface area contributed by atoms with Gasteiger partial charge < -0.3 is 15.0 Å². The Bertz CT molecular complexity index is 1720. The van der Waals surface area contributed by atoms with Crippen molar-refractivity contribution in [3.05, 3.63) is 124 Å². The Labute approximate surface area is 287 Å². The molecule has 0 fully saturated rings. The van der Waals surface area contributed by atoms with Gasteiger partial charge in [0.05, 0.1) is 17.2 Å². The molecule has 8 nitrogen and oxygen atoms in total. The molecule has 11 heteroatoms. The zero-order chi connectivity index (χ0) is 34.0. The number of hydrogen-bond acceptors (Lipinski definition) is 5. The SMILES string of the molecule is CCOc1ccc(N(CC(=O)N(Cc2c(Cl)cccc2Cl)C(Cc2ccccc2)C(=O)NCC(C)C)S(=O)(=O)c2ccccc2)cc1. The van der Waals surface area contributed by atoms with Gasteiger partial charge in [-0.05, 0) is 66.9 Å². The molecule has 0 aliphatic rings. The van der Waals surface area contributed by atoms with Crippen molar-refractivity contribution in [1.29, 1.82) is 0 Å². The normalized spacial score (nSPS) is 12.0. The van der Waals surface area contributed by atoms with Gasteiger partial charge in [-0.15, -0.1) is 0 Å². The van der Waals surface area contributed by atoms with E-state index in [9.17, 15) is 18.0 Å². The molecule has 47 heavy (non-hydrogen) atoms. The van der Waals surface area contributed by atoms with Gasteiger partial charge >= 0.3 is 0 Å². The van der Waals surface area contributed by atoms with Gasteiger partial charge in [-0.2, -0.15) is 0 Å². The number of anilines is 1. The Morgan fingerprint density at radius 2 is 1.43 bits per heavy atom. The first-order chi connectivity index (χ1) is 22.5. The lowest BCUT2D eigenvalue weighted by Gasteiger charge is -2.34. The van der Waals surface area contributed by atoms with Crippen LogP contribution in [0.3, 0.4) is 0 Å². The summed E-state index contributed by atoms with van der Waals surface area (Å²) in [6, 6.07) is 27.7. The van der Waals surface area contributed by atoms with Gasteiger partial charge in [-0.25, -0.2) is 8.42 Å². The van der Waals surface area contributed by atoms with Crippen LogP contribution in [-0.2, 0) is 32.6 Å². The van der Waals surface area contributed by atoms with Crippen molar-refractivity contribution < 1.29 is 22.7 Å². The van der Waals surface area contributed by atoms with E-state index in [1.165, 1.54) is 17.0 Å². The predicted octanol–water partition coefficient (Wildman–Crippen LogP) is 7.00. The fourth-order valence-electron chi connectivity index (χ4n) is 4.95. The van der Waals surface area contributed by atoms with E-state index in [-0.39, 0.29) is 35.4 Å². The molecule has 0 spiro atoms. The summed E-state index contributed by atoms with van der Waals surface area (Å²) in [5.74, 6) is -0.281. The minimum absolute atomic E-state index is 0.0119. The zero-order valence-electron chi connectivity index (χ0n) is 26.6. The molecule has 0 saturated carbocycles. The maximum Gasteiger partial charge on any atom is 0.264 e. The maximum atomic E-state index is 14.6. The fraction of sp³-hybridized carbons (Fsp3) is 0.278. The van der Waals surface area contributed by atoms with Crippen LogP contribution >= 0.6 is 23.2 Å².